The summed E-state index contributed by atoms with van der Waals surface area (Å²) in [6, 6.07) is 8.14. The minimum atomic E-state index is -4.27. The topological polar surface area (TPSA) is 144 Å². The predicted octanol–water partition coefficient (Wildman–Crippen LogP) is 2.98. The monoisotopic (exact) mass is 534 g/mol. The lowest BCUT2D eigenvalue weighted by Gasteiger charge is -2.22. The Morgan fingerprint density at radius 3 is 2.30 bits per heavy atom. The SMILES string of the molecule is CCCCN(CCCC)C(=O)c1cccc(S(=O)(=O)NC(=O)c2ccc(OC(=O)NCCOC)nc2)c1. The number of hydrogen-bond acceptors (Lipinski definition) is 8. The van der Waals surface area contributed by atoms with E-state index in [1.165, 1.54) is 37.4 Å². The number of aromatic nitrogens is 1. The van der Waals surface area contributed by atoms with Crippen molar-refractivity contribution in [2.75, 3.05) is 33.4 Å². The Labute approximate surface area is 217 Å². The highest BCUT2D eigenvalue weighted by atomic mass is 32.2. The lowest BCUT2D eigenvalue weighted by molar-refractivity contribution is 0.0750. The average molecular weight is 535 g/mol. The number of nitrogens with zero attached hydrogens (tertiary/aromatic N) is 2. The van der Waals surface area contributed by atoms with Crippen molar-refractivity contribution < 1.29 is 32.3 Å². The number of unbranched alkanes of at least 4 members (excludes halogenated alkanes) is 2. The molecule has 1 aromatic heterocycles. The largest absolute Gasteiger partial charge is 0.414 e. The van der Waals surface area contributed by atoms with Crippen LogP contribution in [0.4, 0.5) is 4.79 Å². The molecule has 0 spiro atoms. The van der Waals surface area contributed by atoms with Crippen LogP contribution in [0, 0.1) is 0 Å². The molecule has 0 unspecified atom stereocenters. The molecule has 2 rings (SSSR count). The van der Waals surface area contributed by atoms with E-state index in [0.29, 0.717) is 19.7 Å². The molecule has 11 nitrogen and oxygen atoms in total. The van der Waals surface area contributed by atoms with E-state index < -0.39 is 22.0 Å². The van der Waals surface area contributed by atoms with Crippen LogP contribution < -0.4 is 14.8 Å². The molecular weight excluding hydrogens is 500 g/mol. The summed E-state index contributed by atoms with van der Waals surface area (Å²) in [4.78, 5) is 42.6. The normalized spacial score (nSPS) is 11.0. The number of nitrogens with one attached hydrogen (secondary N) is 2. The van der Waals surface area contributed by atoms with Gasteiger partial charge in [0.2, 0.25) is 5.88 Å². The van der Waals surface area contributed by atoms with E-state index in [1.54, 1.807) is 11.0 Å². The van der Waals surface area contributed by atoms with Crippen LogP contribution >= 0.6 is 0 Å². The molecule has 1 heterocycles. The van der Waals surface area contributed by atoms with E-state index in [4.69, 9.17) is 9.47 Å². The number of benzene rings is 1. The number of amides is 3. The van der Waals surface area contributed by atoms with E-state index >= 15 is 0 Å². The summed E-state index contributed by atoms with van der Waals surface area (Å²) in [5, 5.41) is 2.45. The van der Waals surface area contributed by atoms with Crippen LogP contribution in [0.3, 0.4) is 0 Å². The van der Waals surface area contributed by atoms with Gasteiger partial charge in [-0.1, -0.05) is 32.8 Å². The first-order valence-electron chi connectivity index (χ1n) is 12.1. The molecule has 0 bridgehead atoms. The van der Waals surface area contributed by atoms with Crippen molar-refractivity contribution >= 4 is 27.9 Å². The van der Waals surface area contributed by atoms with Crippen LogP contribution in [0.1, 0.15) is 60.2 Å². The Kier molecular flexibility index (Phi) is 12.0. The smallest absolute Gasteiger partial charge is 0.391 e. The highest BCUT2D eigenvalue weighted by molar-refractivity contribution is 7.90. The zero-order valence-electron chi connectivity index (χ0n) is 21.4. The molecule has 3 amide bonds. The van der Waals surface area contributed by atoms with Gasteiger partial charge in [-0.3, -0.25) is 9.59 Å². The van der Waals surface area contributed by atoms with Crippen LogP contribution in [0.25, 0.3) is 0 Å². The summed E-state index contributed by atoms with van der Waals surface area (Å²) in [6.07, 6.45) is 3.89. The van der Waals surface area contributed by atoms with Gasteiger partial charge in [-0.2, -0.15) is 0 Å². The lowest BCUT2D eigenvalue weighted by Crippen LogP contribution is -2.33. The lowest BCUT2D eigenvalue weighted by atomic mass is 10.1. The maximum atomic E-state index is 13.1. The molecule has 0 radical (unpaired) electrons. The molecule has 0 atom stereocenters. The molecule has 0 aliphatic heterocycles. The summed E-state index contributed by atoms with van der Waals surface area (Å²) in [5.41, 5.74) is 0.169. The van der Waals surface area contributed by atoms with Gasteiger partial charge >= 0.3 is 6.09 Å². The van der Waals surface area contributed by atoms with Crippen molar-refractivity contribution in [2.24, 2.45) is 0 Å². The molecule has 0 aliphatic carbocycles. The second-order valence-corrected chi connectivity index (χ2v) is 9.84. The first-order chi connectivity index (χ1) is 17.7. The Hall–Kier alpha value is -3.51. The number of methoxy groups -OCH3 is 1. The molecule has 37 heavy (non-hydrogen) atoms. The van der Waals surface area contributed by atoms with Crippen LogP contribution in [0.2, 0.25) is 0 Å². The number of carbonyl (C=O) groups is 3. The summed E-state index contributed by atoms with van der Waals surface area (Å²) < 4.78 is 37.5. The molecule has 1 aromatic carbocycles. The number of hydrogen-bond donors (Lipinski definition) is 2. The van der Waals surface area contributed by atoms with E-state index in [0.717, 1.165) is 31.9 Å². The second-order valence-electron chi connectivity index (χ2n) is 8.16. The second kappa shape index (κ2) is 14.9. The molecule has 0 saturated carbocycles. The van der Waals surface area contributed by atoms with Crippen molar-refractivity contribution in [1.82, 2.24) is 19.9 Å². The molecule has 12 heteroatoms. The van der Waals surface area contributed by atoms with Gasteiger partial charge in [-0.25, -0.2) is 22.9 Å². The minimum Gasteiger partial charge on any atom is -0.391 e. The molecule has 0 fully saturated rings. The first kappa shape index (κ1) is 29.7. The van der Waals surface area contributed by atoms with Gasteiger partial charge in [0.25, 0.3) is 21.8 Å². The van der Waals surface area contributed by atoms with Crippen molar-refractivity contribution in [3.63, 3.8) is 0 Å². The number of carbonyl (C=O) groups excluding carboxylic acids is 3. The molecule has 2 N–H and O–H groups in total. The maximum absolute atomic E-state index is 13.1. The number of pyridine rings is 1. The van der Waals surface area contributed by atoms with Gasteiger partial charge < -0.3 is 19.7 Å². The fourth-order valence-electron chi connectivity index (χ4n) is 3.19. The van der Waals surface area contributed by atoms with E-state index in [1.807, 2.05) is 18.6 Å². The van der Waals surface area contributed by atoms with Crippen molar-refractivity contribution in [3.8, 4) is 5.88 Å². The standard InChI is InChI=1S/C25H34N4O7S/c1-4-6-14-29(15-7-5-2)24(31)19-9-8-10-21(17-19)37(33,34)28-23(30)20-11-12-22(27-18-20)36-25(32)26-13-16-35-3/h8-12,17-18H,4-7,13-16H2,1-3H3,(H,26,32)(H,28,30). The zero-order chi connectivity index (χ0) is 27.3. The minimum absolute atomic E-state index is 0.0618. The molecule has 0 aliphatic rings. The van der Waals surface area contributed by atoms with Crippen molar-refractivity contribution in [1.29, 1.82) is 0 Å². The quantitative estimate of drug-likeness (QED) is 0.352. The fraction of sp³-hybridized carbons (Fsp3) is 0.440. The number of ether oxygens (including phenoxy) is 2. The van der Waals surface area contributed by atoms with Crippen LogP contribution in [0.15, 0.2) is 47.5 Å². The van der Waals surface area contributed by atoms with E-state index in [2.05, 4.69) is 10.3 Å². The zero-order valence-corrected chi connectivity index (χ0v) is 22.2. The van der Waals surface area contributed by atoms with Gasteiger partial charge in [0.1, 0.15) is 0 Å². The highest BCUT2D eigenvalue weighted by Gasteiger charge is 2.22. The number of rotatable bonds is 14. The average Bonchev–Trinajstić information content (AvgIpc) is 2.89. The fourth-order valence-corrected chi connectivity index (χ4v) is 4.21. The Balaban J connectivity index is 2.09. The summed E-state index contributed by atoms with van der Waals surface area (Å²) in [6.45, 7) is 5.81. The summed E-state index contributed by atoms with van der Waals surface area (Å²) in [5.74, 6) is -1.25. The Morgan fingerprint density at radius 2 is 1.70 bits per heavy atom. The molecule has 202 valence electrons. The van der Waals surface area contributed by atoms with Gasteiger partial charge in [0.15, 0.2) is 0 Å². The highest BCUT2D eigenvalue weighted by Crippen LogP contribution is 2.16. The van der Waals surface area contributed by atoms with Gasteiger partial charge in [-0.15, -0.1) is 0 Å². The third-order valence-corrected chi connectivity index (χ3v) is 6.57. The third kappa shape index (κ3) is 9.47. The van der Waals surface area contributed by atoms with Gasteiger partial charge in [-0.05, 0) is 37.1 Å². The van der Waals surface area contributed by atoms with Crippen LogP contribution in [-0.2, 0) is 14.8 Å². The van der Waals surface area contributed by atoms with Gasteiger partial charge in [0, 0.05) is 44.6 Å². The summed E-state index contributed by atoms with van der Waals surface area (Å²) >= 11 is 0. The molecule has 2 aromatic rings. The molecular formula is C25H34N4O7S. The van der Waals surface area contributed by atoms with Crippen LogP contribution in [0.5, 0.6) is 5.88 Å². The van der Waals surface area contributed by atoms with E-state index in [9.17, 15) is 22.8 Å². The third-order valence-electron chi connectivity index (χ3n) is 5.24. The van der Waals surface area contributed by atoms with Crippen molar-refractivity contribution in [2.45, 2.75) is 44.4 Å². The molecule has 0 saturated heterocycles. The van der Waals surface area contributed by atoms with Gasteiger partial charge in [0.05, 0.1) is 17.1 Å². The Bertz CT molecular complexity index is 1150. The number of sulfonamides is 1. The predicted molar refractivity (Wildman–Crippen MR) is 137 cm³/mol. The maximum Gasteiger partial charge on any atom is 0.414 e. The van der Waals surface area contributed by atoms with E-state index in [-0.39, 0.29) is 34.4 Å². The summed E-state index contributed by atoms with van der Waals surface area (Å²) in [7, 11) is -2.78. The van der Waals surface area contributed by atoms with Crippen LogP contribution in [-0.4, -0.2) is 69.6 Å². The first-order valence-corrected chi connectivity index (χ1v) is 13.6. The Morgan fingerprint density at radius 1 is 1.00 bits per heavy atom. The van der Waals surface area contributed by atoms with Crippen molar-refractivity contribution in [3.05, 3.63) is 53.7 Å².